The zero-order chi connectivity index (χ0) is 11.1. The molecule has 0 unspecified atom stereocenters. The quantitative estimate of drug-likeness (QED) is 0.752. The molecule has 0 atom stereocenters. The summed E-state index contributed by atoms with van der Waals surface area (Å²) in [6.45, 7) is 0. The molecule has 0 aliphatic heterocycles. The molecule has 3 N–H and O–H groups in total. The minimum Gasteiger partial charge on any atom is -0.507 e. The molecule has 0 bridgehead atoms. The zero-order valence-corrected chi connectivity index (χ0v) is 8.26. The Morgan fingerprint density at radius 1 is 1.20 bits per heavy atom. The summed E-state index contributed by atoms with van der Waals surface area (Å²) in [5.41, 5.74) is 5.01. The lowest BCUT2D eigenvalue weighted by Crippen LogP contribution is -2.34. The van der Waals surface area contributed by atoms with Crippen LogP contribution in [0.5, 0.6) is 5.75 Å². The Hall–Kier alpha value is -1.16. The Morgan fingerprint density at radius 2 is 1.80 bits per heavy atom. The standard InChI is InChI=1S/C11H13F2NO/c12-7-3-4-8(15)9(10(7)13)11(14)5-1-2-6-11/h3-4,15H,1-2,5-6,14H2. The number of halogens is 2. The van der Waals surface area contributed by atoms with E-state index in [4.69, 9.17) is 5.73 Å². The van der Waals surface area contributed by atoms with Gasteiger partial charge in [0.05, 0.1) is 5.56 Å². The van der Waals surface area contributed by atoms with E-state index in [1.54, 1.807) is 0 Å². The minimum atomic E-state index is -1.01. The lowest BCUT2D eigenvalue weighted by Gasteiger charge is -2.25. The molecule has 1 aliphatic rings. The van der Waals surface area contributed by atoms with Crippen LogP contribution in [0.25, 0.3) is 0 Å². The maximum atomic E-state index is 13.5. The molecule has 1 aromatic carbocycles. The van der Waals surface area contributed by atoms with Crippen LogP contribution in [0.3, 0.4) is 0 Å². The SMILES string of the molecule is NC1(c2c(O)ccc(F)c2F)CCCC1. The molecule has 0 radical (unpaired) electrons. The molecule has 0 saturated heterocycles. The van der Waals surface area contributed by atoms with Crippen LogP contribution in [-0.4, -0.2) is 5.11 Å². The van der Waals surface area contributed by atoms with Gasteiger partial charge in [-0.1, -0.05) is 12.8 Å². The third-order valence-corrected chi connectivity index (χ3v) is 3.07. The van der Waals surface area contributed by atoms with Crippen LogP contribution >= 0.6 is 0 Å². The lowest BCUT2D eigenvalue weighted by atomic mass is 9.88. The monoisotopic (exact) mass is 213 g/mol. The number of benzene rings is 1. The van der Waals surface area contributed by atoms with Crippen LogP contribution in [0.2, 0.25) is 0 Å². The predicted molar refractivity (Wildman–Crippen MR) is 52.4 cm³/mol. The van der Waals surface area contributed by atoms with E-state index in [9.17, 15) is 13.9 Å². The second-order valence-electron chi connectivity index (χ2n) is 4.12. The summed E-state index contributed by atoms with van der Waals surface area (Å²) in [6, 6.07) is 2.06. The first-order valence-electron chi connectivity index (χ1n) is 5.01. The van der Waals surface area contributed by atoms with Gasteiger partial charge in [0.25, 0.3) is 0 Å². The number of hydrogen-bond donors (Lipinski definition) is 2. The Kier molecular flexibility index (Phi) is 2.38. The molecule has 4 heteroatoms. The number of phenols is 1. The van der Waals surface area contributed by atoms with Gasteiger partial charge in [-0.3, -0.25) is 0 Å². The average molecular weight is 213 g/mol. The van der Waals surface area contributed by atoms with E-state index in [1.165, 1.54) is 0 Å². The average Bonchev–Trinajstić information content (AvgIpc) is 2.60. The van der Waals surface area contributed by atoms with Crippen molar-refractivity contribution in [2.45, 2.75) is 31.2 Å². The van der Waals surface area contributed by atoms with Crippen LogP contribution in [-0.2, 0) is 5.54 Å². The van der Waals surface area contributed by atoms with Crippen molar-refractivity contribution < 1.29 is 13.9 Å². The van der Waals surface area contributed by atoms with E-state index >= 15 is 0 Å². The van der Waals surface area contributed by atoms with Crippen LogP contribution in [0, 0.1) is 11.6 Å². The number of phenolic OH excluding ortho intramolecular Hbond substituents is 1. The van der Waals surface area contributed by atoms with E-state index in [0.717, 1.165) is 25.0 Å². The molecule has 15 heavy (non-hydrogen) atoms. The maximum absolute atomic E-state index is 13.5. The van der Waals surface area contributed by atoms with Crippen LogP contribution in [0.4, 0.5) is 8.78 Å². The highest BCUT2D eigenvalue weighted by atomic mass is 19.2. The van der Waals surface area contributed by atoms with Crippen LogP contribution in [0.1, 0.15) is 31.2 Å². The first-order chi connectivity index (χ1) is 7.04. The van der Waals surface area contributed by atoms with Crippen molar-refractivity contribution in [3.63, 3.8) is 0 Å². The number of nitrogens with two attached hydrogens (primary N) is 1. The molecule has 2 rings (SSSR count). The van der Waals surface area contributed by atoms with Gasteiger partial charge in [0, 0.05) is 5.54 Å². The van der Waals surface area contributed by atoms with Crippen molar-refractivity contribution in [2.24, 2.45) is 5.73 Å². The highest BCUT2D eigenvalue weighted by molar-refractivity contribution is 5.40. The maximum Gasteiger partial charge on any atom is 0.167 e. The molecule has 0 heterocycles. The summed E-state index contributed by atoms with van der Waals surface area (Å²) in [6.07, 6.45) is 2.93. The third kappa shape index (κ3) is 1.59. The van der Waals surface area contributed by atoms with Crippen molar-refractivity contribution in [3.8, 4) is 5.75 Å². The van der Waals surface area contributed by atoms with Crippen LogP contribution in [0.15, 0.2) is 12.1 Å². The predicted octanol–water partition coefficient (Wildman–Crippen LogP) is 2.40. The van der Waals surface area contributed by atoms with Gasteiger partial charge in [-0.25, -0.2) is 8.78 Å². The molecular weight excluding hydrogens is 200 g/mol. The van der Waals surface area contributed by atoms with Gasteiger partial charge < -0.3 is 10.8 Å². The molecule has 1 fully saturated rings. The van der Waals surface area contributed by atoms with Gasteiger partial charge in [0.15, 0.2) is 11.6 Å². The first-order valence-corrected chi connectivity index (χ1v) is 5.01. The van der Waals surface area contributed by atoms with Crippen molar-refractivity contribution in [2.75, 3.05) is 0 Å². The Morgan fingerprint density at radius 3 is 2.40 bits per heavy atom. The van der Waals surface area contributed by atoms with E-state index in [1.807, 2.05) is 0 Å². The summed E-state index contributed by atoms with van der Waals surface area (Å²) in [5, 5.41) is 9.55. The Bertz CT molecular complexity index is 386. The van der Waals surface area contributed by atoms with Crippen molar-refractivity contribution in [1.82, 2.24) is 0 Å². The molecule has 1 aromatic rings. The third-order valence-electron chi connectivity index (χ3n) is 3.07. The zero-order valence-electron chi connectivity index (χ0n) is 8.26. The Labute approximate surface area is 86.7 Å². The topological polar surface area (TPSA) is 46.2 Å². The van der Waals surface area contributed by atoms with E-state index in [2.05, 4.69) is 0 Å². The second kappa shape index (κ2) is 3.45. The molecule has 0 spiro atoms. The number of hydrogen-bond acceptors (Lipinski definition) is 2. The summed E-state index contributed by atoms with van der Waals surface area (Å²) >= 11 is 0. The molecule has 2 nitrogen and oxygen atoms in total. The highest BCUT2D eigenvalue weighted by Gasteiger charge is 2.36. The van der Waals surface area contributed by atoms with Crippen LogP contribution < -0.4 is 5.73 Å². The molecule has 1 aliphatic carbocycles. The van der Waals surface area contributed by atoms with E-state index < -0.39 is 17.2 Å². The summed E-state index contributed by atoms with van der Waals surface area (Å²) in [5.74, 6) is -2.22. The van der Waals surface area contributed by atoms with Gasteiger partial charge in [-0.05, 0) is 25.0 Å². The molecular formula is C11H13F2NO. The van der Waals surface area contributed by atoms with Crippen molar-refractivity contribution in [3.05, 3.63) is 29.3 Å². The molecule has 82 valence electrons. The summed E-state index contributed by atoms with van der Waals surface area (Å²) < 4.78 is 26.6. The van der Waals surface area contributed by atoms with Gasteiger partial charge in [0.2, 0.25) is 0 Å². The van der Waals surface area contributed by atoms with Crippen molar-refractivity contribution >= 4 is 0 Å². The summed E-state index contributed by atoms with van der Waals surface area (Å²) in [7, 11) is 0. The highest BCUT2D eigenvalue weighted by Crippen LogP contribution is 2.41. The van der Waals surface area contributed by atoms with E-state index in [-0.39, 0.29) is 11.3 Å². The fourth-order valence-corrected chi connectivity index (χ4v) is 2.27. The van der Waals surface area contributed by atoms with E-state index in [0.29, 0.717) is 12.8 Å². The normalized spacial score (nSPS) is 19.4. The smallest absolute Gasteiger partial charge is 0.167 e. The van der Waals surface area contributed by atoms with Gasteiger partial charge in [-0.2, -0.15) is 0 Å². The minimum absolute atomic E-state index is 0.0694. The Balaban J connectivity index is 2.55. The number of rotatable bonds is 1. The second-order valence-corrected chi connectivity index (χ2v) is 4.12. The largest absolute Gasteiger partial charge is 0.507 e. The van der Waals surface area contributed by atoms with Gasteiger partial charge in [-0.15, -0.1) is 0 Å². The summed E-state index contributed by atoms with van der Waals surface area (Å²) in [4.78, 5) is 0. The van der Waals surface area contributed by atoms with Gasteiger partial charge in [0.1, 0.15) is 5.75 Å². The fraction of sp³-hybridized carbons (Fsp3) is 0.455. The number of aromatic hydroxyl groups is 1. The fourth-order valence-electron chi connectivity index (χ4n) is 2.27. The van der Waals surface area contributed by atoms with Gasteiger partial charge >= 0.3 is 0 Å². The van der Waals surface area contributed by atoms with Crippen molar-refractivity contribution in [1.29, 1.82) is 0 Å². The lowest BCUT2D eigenvalue weighted by molar-refractivity contribution is 0.374. The molecule has 1 saturated carbocycles. The molecule has 0 amide bonds. The first kappa shape index (κ1) is 10.4. The molecule has 0 aromatic heterocycles.